The molecule has 9 nitrogen and oxygen atoms in total. The van der Waals surface area contributed by atoms with Crippen molar-refractivity contribution < 1.29 is 22.8 Å². The van der Waals surface area contributed by atoms with Crippen LogP contribution >= 0.6 is 0 Å². The van der Waals surface area contributed by atoms with E-state index in [-0.39, 0.29) is 10.6 Å². The van der Waals surface area contributed by atoms with Crippen molar-refractivity contribution in [1.82, 2.24) is 4.83 Å². The number of nitrogens with one attached hydrogen (secondary N) is 1. The van der Waals surface area contributed by atoms with Gasteiger partial charge in [-0.15, -0.1) is 0 Å². The van der Waals surface area contributed by atoms with E-state index in [1.54, 1.807) is 19.1 Å². The second-order valence-electron chi connectivity index (χ2n) is 6.01. The third-order valence-electron chi connectivity index (χ3n) is 3.95. The number of sulfonamides is 1. The van der Waals surface area contributed by atoms with Gasteiger partial charge in [0.25, 0.3) is 15.7 Å². The van der Waals surface area contributed by atoms with Gasteiger partial charge in [-0.3, -0.25) is 10.1 Å². The van der Waals surface area contributed by atoms with Gasteiger partial charge >= 0.3 is 0 Å². The smallest absolute Gasteiger partial charge is 0.276 e. The van der Waals surface area contributed by atoms with Crippen LogP contribution in [0.4, 0.5) is 5.69 Å². The van der Waals surface area contributed by atoms with Crippen LogP contribution in [0.25, 0.3) is 0 Å². The first-order chi connectivity index (χ1) is 13.2. The van der Waals surface area contributed by atoms with Crippen molar-refractivity contribution in [2.24, 2.45) is 5.10 Å². The van der Waals surface area contributed by atoms with Gasteiger partial charge in [0.15, 0.2) is 11.5 Å². The van der Waals surface area contributed by atoms with Crippen LogP contribution < -0.4 is 14.3 Å². The van der Waals surface area contributed by atoms with Crippen LogP contribution in [0.3, 0.4) is 0 Å². The van der Waals surface area contributed by atoms with Gasteiger partial charge in [0.05, 0.1) is 24.0 Å². The molecule has 0 saturated heterocycles. The second-order valence-corrected chi connectivity index (χ2v) is 7.67. The molecule has 2 rings (SSSR count). The molecule has 0 amide bonds. The fraction of sp³-hybridized carbons (Fsp3) is 0.278. The quantitative estimate of drug-likeness (QED) is 0.408. The predicted octanol–water partition coefficient (Wildman–Crippen LogP) is 2.82. The van der Waals surface area contributed by atoms with E-state index in [9.17, 15) is 18.5 Å². The summed E-state index contributed by atoms with van der Waals surface area (Å²) in [7, 11) is -0.969. The molecule has 0 heterocycles. The SMILES string of the molecule is COc1ccc(C/C(C)=N\NS(=O)(=O)c2ccc(C)c([N+](=O)[O-])c2)cc1OC. The van der Waals surface area contributed by atoms with E-state index < -0.39 is 14.9 Å². The molecule has 0 atom stereocenters. The van der Waals surface area contributed by atoms with Gasteiger partial charge in [0.1, 0.15) is 0 Å². The molecule has 0 unspecified atom stereocenters. The summed E-state index contributed by atoms with van der Waals surface area (Å²) in [4.78, 5) is 12.3. The second kappa shape index (κ2) is 8.70. The normalized spacial score (nSPS) is 11.8. The van der Waals surface area contributed by atoms with Crippen LogP contribution in [0.5, 0.6) is 11.5 Å². The lowest BCUT2D eigenvalue weighted by atomic mass is 10.1. The van der Waals surface area contributed by atoms with Crippen molar-refractivity contribution in [3.63, 3.8) is 0 Å². The zero-order chi connectivity index (χ0) is 20.9. The summed E-state index contributed by atoms with van der Waals surface area (Å²) in [5, 5.41) is 14.9. The van der Waals surface area contributed by atoms with Crippen LogP contribution in [0, 0.1) is 17.0 Å². The Morgan fingerprint density at radius 1 is 1.14 bits per heavy atom. The van der Waals surface area contributed by atoms with E-state index in [4.69, 9.17) is 9.47 Å². The lowest BCUT2D eigenvalue weighted by Gasteiger charge is -2.10. The maximum Gasteiger partial charge on any atom is 0.276 e. The number of nitro groups is 1. The topological polar surface area (TPSA) is 120 Å². The maximum absolute atomic E-state index is 12.4. The zero-order valence-electron chi connectivity index (χ0n) is 15.9. The van der Waals surface area contributed by atoms with Crippen LogP contribution in [0.2, 0.25) is 0 Å². The number of nitrogens with zero attached hydrogens (tertiary/aromatic N) is 2. The molecule has 0 radical (unpaired) electrons. The molecule has 150 valence electrons. The summed E-state index contributed by atoms with van der Waals surface area (Å²) in [5.74, 6) is 1.14. The zero-order valence-corrected chi connectivity index (χ0v) is 16.7. The highest BCUT2D eigenvalue weighted by Crippen LogP contribution is 2.27. The van der Waals surface area contributed by atoms with E-state index in [1.165, 1.54) is 33.3 Å². The Balaban J connectivity index is 2.18. The minimum atomic E-state index is -4.03. The minimum Gasteiger partial charge on any atom is -0.493 e. The van der Waals surface area contributed by atoms with Crippen molar-refractivity contribution in [3.8, 4) is 11.5 Å². The molecule has 0 bridgehead atoms. The van der Waals surface area contributed by atoms with Crippen molar-refractivity contribution in [1.29, 1.82) is 0 Å². The monoisotopic (exact) mass is 407 g/mol. The number of nitro benzene ring substituents is 1. The molecule has 0 aliphatic carbocycles. The molecule has 0 aliphatic rings. The Morgan fingerprint density at radius 2 is 1.82 bits per heavy atom. The highest BCUT2D eigenvalue weighted by molar-refractivity contribution is 7.89. The van der Waals surface area contributed by atoms with Crippen molar-refractivity contribution in [2.75, 3.05) is 14.2 Å². The summed E-state index contributed by atoms with van der Waals surface area (Å²) in [5.41, 5.74) is 1.45. The van der Waals surface area contributed by atoms with Crippen LogP contribution in [-0.2, 0) is 16.4 Å². The minimum absolute atomic E-state index is 0.229. The number of ether oxygens (including phenoxy) is 2. The molecule has 1 N–H and O–H groups in total. The molecule has 28 heavy (non-hydrogen) atoms. The largest absolute Gasteiger partial charge is 0.493 e. The highest BCUT2D eigenvalue weighted by Gasteiger charge is 2.19. The number of hydrogen-bond donors (Lipinski definition) is 1. The van der Waals surface area contributed by atoms with E-state index in [0.29, 0.717) is 29.2 Å². The lowest BCUT2D eigenvalue weighted by molar-refractivity contribution is -0.385. The molecule has 2 aromatic carbocycles. The van der Waals surface area contributed by atoms with Gasteiger partial charge in [-0.2, -0.15) is 13.5 Å². The number of hydrogen-bond acceptors (Lipinski definition) is 7. The molecule has 0 fully saturated rings. The maximum atomic E-state index is 12.4. The van der Waals surface area contributed by atoms with Crippen molar-refractivity contribution in [2.45, 2.75) is 25.2 Å². The van der Waals surface area contributed by atoms with E-state index >= 15 is 0 Å². The summed E-state index contributed by atoms with van der Waals surface area (Å²) in [6.07, 6.45) is 0.372. The molecule has 0 aliphatic heterocycles. The Kier molecular flexibility index (Phi) is 6.57. The van der Waals surface area contributed by atoms with E-state index in [2.05, 4.69) is 9.93 Å². The first-order valence-electron chi connectivity index (χ1n) is 8.19. The standard InChI is InChI=1S/C18H21N3O6S/c1-12-5-7-15(11-16(12)21(22)23)28(24,25)20-19-13(2)9-14-6-8-17(26-3)18(10-14)27-4/h5-8,10-11,20H,9H2,1-4H3/b19-13-. The molecular weight excluding hydrogens is 386 g/mol. The molecule has 10 heteroatoms. The fourth-order valence-electron chi connectivity index (χ4n) is 2.47. The van der Waals surface area contributed by atoms with E-state index in [0.717, 1.165) is 11.6 Å². The number of benzene rings is 2. The van der Waals surface area contributed by atoms with Crippen LogP contribution in [0.15, 0.2) is 46.4 Å². The van der Waals surface area contributed by atoms with Gasteiger partial charge in [-0.25, -0.2) is 4.83 Å². The van der Waals surface area contributed by atoms with Crippen molar-refractivity contribution in [3.05, 3.63) is 57.6 Å². The van der Waals surface area contributed by atoms with Gasteiger partial charge < -0.3 is 9.47 Å². The Morgan fingerprint density at radius 3 is 2.43 bits per heavy atom. The number of rotatable bonds is 8. The third kappa shape index (κ3) is 4.97. The summed E-state index contributed by atoms with van der Waals surface area (Å²) >= 11 is 0. The Bertz CT molecular complexity index is 1020. The predicted molar refractivity (Wildman–Crippen MR) is 105 cm³/mol. The van der Waals surface area contributed by atoms with Gasteiger partial charge in [0, 0.05) is 23.8 Å². The molecule has 0 spiro atoms. The Labute approximate surface area is 163 Å². The first-order valence-corrected chi connectivity index (χ1v) is 9.67. The van der Waals surface area contributed by atoms with Crippen LogP contribution in [-0.4, -0.2) is 33.3 Å². The van der Waals surface area contributed by atoms with Gasteiger partial charge in [0.2, 0.25) is 0 Å². The fourth-order valence-corrected chi connectivity index (χ4v) is 3.36. The number of methoxy groups -OCH3 is 2. The lowest BCUT2D eigenvalue weighted by Crippen LogP contribution is -2.20. The van der Waals surface area contributed by atoms with Gasteiger partial charge in [-0.05, 0) is 37.6 Å². The number of aryl methyl sites for hydroxylation is 1. The summed E-state index contributed by atoms with van der Waals surface area (Å²) in [6, 6.07) is 9.03. The Hall–Kier alpha value is -3.14. The van der Waals surface area contributed by atoms with E-state index in [1.807, 2.05) is 6.07 Å². The molecule has 2 aromatic rings. The number of hydrazone groups is 1. The molecular formula is C18H21N3O6S. The summed E-state index contributed by atoms with van der Waals surface area (Å²) < 4.78 is 35.2. The third-order valence-corrected chi connectivity index (χ3v) is 5.16. The highest BCUT2D eigenvalue weighted by atomic mass is 32.2. The average molecular weight is 407 g/mol. The van der Waals surface area contributed by atoms with Gasteiger partial charge in [-0.1, -0.05) is 12.1 Å². The molecule has 0 saturated carbocycles. The first kappa shape index (κ1) is 21.2. The van der Waals surface area contributed by atoms with Crippen molar-refractivity contribution >= 4 is 21.4 Å². The summed E-state index contributed by atoms with van der Waals surface area (Å²) in [6.45, 7) is 3.20. The van der Waals surface area contributed by atoms with Crippen LogP contribution in [0.1, 0.15) is 18.1 Å². The molecule has 0 aromatic heterocycles. The average Bonchev–Trinajstić information content (AvgIpc) is 2.66.